The molecule has 700 valence electrons. The number of carbonyl (C=O) groups is 3. The topological polar surface area (TPSA) is 252 Å². The third-order valence-corrected chi connectivity index (χ3v) is 27.9. The zero-order chi connectivity index (χ0) is 95.2. The van der Waals surface area contributed by atoms with Gasteiger partial charge in [-0.2, -0.15) is 0 Å². The van der Waals surface area contributed by atoms with E-state index in [-0.39, 0.29) is 54.1 Å². The number of hydrogen-bond acceptors (Lipinski definition) is 12. The molecule has 0 aliphatic carbocycles. The molecule has 9 N–H and O–H groups in total. The van der Waals surface area contributed by atoms with Crippen molar-refractivity contribution in [3.05, 3.63) is 421 Å². The van der Waals surface area contributed by atoms with Crippen molar-refractivity contribution >= 4 is 150 Å². The number of aromatic nitrogens is 5. The molecule has 3 amide bonds. The summed E-state index contributed by atoms with van der Waals surface area (Å²) in [5, 5.41) is 22.3. The lowest BCUT2D eigenvalue weighted by molar-refractivity contribution is -0.137. The van der Waals surface area contributed by atoms with Crippen molar-refractivity contribution in [2.75, 3.05) is 53.6 Å². The number of aromatic amines is 5. The Labute approximate surface area is 831 Å². The zero-order valence-corrected chi connectivity index (χ0v) is 82.3. The standard InChI is InChI=1S/C31H32ClN3O3.C24H21BrN2O.C20H19BrN2O2.C20H15ClN2O2.C18H17ClN2O/c1-31(2,3)38-30(37)34-26(18-20-10-6-4-7-11-20)29(36)35-17-16-23-24-19-22(32)14-15-25(24)33-27(23)28(35)21-12-8-5-9-13-21;25-18-8-11-22-21(14-18)20-12-13-26-23(24(20)27-22)17-6-9-19(10-7-17)28-15-16-4-2-1-3-5-16;1-25-12-18(24)23-10-9-15-16-11-14(21)7-8-17(16)22-19(15)20(23)13-5-3-2-4-6-13;21-11-5-6-16-14(9-11)12-7-8-22-18(19(12)23-16)15-10-25-17-4-2-1-3-13(17)20(15)24;1-22-13-5-2-11(3-6-13)17-18-14(8-9-20-17)15-10-12(19)4-7-16(15)21-18/h4-15,19,26,28,33H,16-18H2,1-3H3,(H,34,37);1-11,14,23,26-27H,12-13,15H2;2-8,11,20,22H,9-10,12H2,1H3;1-6,9-10,18,22-23H,7-8H2;2-7,10,17,20-21H,8-9H2,1H3/t26-,28?;;;;/m0..../s1. The first-order valence-electron chi connectivity index (χ1n) is 46.5. The first kappa shape index (κ1) is 94.0. The first-order chi connectivity index (χ1) is 67.1. The van der Waals surface area contributed by atoms with E-state index in [4.69, 9.17) is 58.2 Å². The van der Waals surface area contributed by atoms with Gasteiger partial charge >= 0.3 is 6.09 Å². The number of para-hydroxylation sites is 1. The van der Waals surface area contributed by atoms with Gasteiger partial charge in [-0.05, 0) is 241 Å². The Bertz CT molecular complexity index is 7510. The number of alkyl carbamates (subject to hydrolysis) is 1. The molecule has 0 bridgehead atoms. The fraction of sp³-hybridized carbons (Fsp3) is 0.221. The van der Waals surface area contributed by atoms with Gasteiger partial charge in [0.05, 0.1) is 48.3 Å². The number of hydrogen-bond donors (Lipinski definition) is 9. The van der Waals surface area contributed by atoms with Crippen molar-refractivity contribution in [2.24, 2.45) is 0 Å². The molecule has 12 aromatic carbocycles. The van der Waals surface area contributed by atoms with Crippen LogP contribution >= 0.6 is 66.7 Å². The van der Waals surface area contributed by atoms with Gasteiger partial charge in [0.2, 0.25) is 11.8 Å². The quantitative estimate of drug-likeness (QED) is 0.0465. The second kappa shape index (κ2) is 41.8. The van der Waals surface area contributed by atoms with Crippen LogP contribution in [0.1, 0.15) is 146 Å². The predicted molar refractivity (Wildman–Crippen MR) is 558 cm³/mol. The van der Waals surface area contributed by atoms with Crippen LogP contribution in [0.15, 0.2) is 310 Å². The van der Waals surface area contributed by atoms with E-state index in [9.17, 15) is 19.2 Å². The molecule has 138 heavy (non-hydrogen) atoms. The summed E-state index contributed by atoms with van der Waals surface area (Å²) >= 11 is 25.8. The van der Waals surface area contributed by atoms with E-state index in [0.717, 1.165) is 142 Å². The molecule has 18 aromatic rings. The van der Waals surface area contributed by atoms with Crippen molar-refractivity contribution in [1.29, 1.82) is 0 Å². The molecule has 0 radical (unpaired) electrons. The molecule has 6 atom stereocenters. The average Bonchev–Trinajstić information content (AvgIpc) is 1.60. The Morgan fingerprint density at radius 2 is 0.848 bits per heavy atom. The van der Waals surface area contributed by atoms with Crippen LogP contribution in [0.2, 0.25) is 15.1 Å². The van der Waals surface area contributed by atoms with Gasteiger partial charge in [-0.15, -0.1) is 0 Å². The number of halogens is 5. The molecule has 0 saturated carbocycles. The molecule has 0 saturated heterocycles. The summed E-state index contributed by atoms with van der Waals surface area (Å²) in [6.07, 6.45) is 5.79. The van der Waals surface area contributed by atoms with Crippen LogP contribution < -0.4 is 36.2 Å². The summed E-state index contributed by atoms with van der Waals surface area (Å²) in [5.74, 6) is 1.63. The summed E-state index contributed by atoms with van der Waals surface area (Å²) in [4.78, 5) is 74.3. The summed E-state index contributed by atoms with van der Waals surface area (Å²) < 4.78 is 29.7. The predicted octanol–water partition coefficient (Wildman–Crippen LogP) is 24.5. The van der Waals surface area contributed by atoms with Gasteiger partial charge < -0.3 is 79.4 Å². The molecular formula is C113H104Br2Cl3N11O9. The lowest BCUT2D eigenvalue weighted by Crippen LogP contribution is -2.53. The van der Waals surface area contributed by atoms with Crippen LogP contribution in [-0.2, 0) is 64.2 Å². The average molecular weight is 2030 g/mol. The lowest BCUT2D eigenvalue weighted by atomic mass is 9.91. The van der Waals surface area contributed by atoms with E-state index in [2.05, 4.69) is 181 Å². The number of ether oxygens (including phenoxy) is 4. The van der Waals surface area contributed by atoms with Gasteiger partial charge in [-0.3, -0.25) is 14.4 Å². The number of amides is 3. The van der Waals surface area contributed by atoms with E-state index in [0.29, 0.717) is 54.1 Å². The molecule has 0 spiro atoms. The number of fused-ring (bicyclic) bond motifs is 16. The Morgan fingerprint density at radius 3 is 1.33 bits per heavy atom. The SMILES string of the molecule is Brc1ccc2[nH]c3c(c2c1)CCNC3c1ccc(OCc2ccccc2)cc1.CC(C)(C)OC(=O)N[C@@H](Cc1ccccc1)C(=O)N1CCc2c([nH]c3ccc(Cl)cc23)C1c1ccccc1.COCC(=O)N1CCc2c([nH]c3ccc(Br)cc23)C1c1ccccc1.COc1ccc(C2NCCc3c2[nH]c2ccc(Cl)cc32)cc1.O=c1c(C2NCCc3c2[nH]c2ccc(Cl)cc32)coc2ccccc12. The van der Waals surface area contributed by atoms with Gasteiger partial charge in [-0.1, -0.05) is 224 Å². The van der Waals surface area contributed by atoms with Gasteiger partial charge in [0.15, 0.2) is 5.43 Å². The van der Waals surface area contributed by atoms with Gasteiger partial charge in [0.1, 0.15) is 48.2 Å². The Balaban J connectivity index is 0.000000112. The minimum atomic E-state index is -0.793. The fourth-order valence-corrected chi connectivity index (χ4v) is 21.2. The maximum Gasteiger partial charge on any atom is 0.408 e. The van der Waals surface area contributed by atoms with E-state index in [1.54, 1.807) is 47.3 Å². The molecule has 5 unspecified atom stereocenters. The smallest absolute Gasteiger partial charge is 0.408 e. The van der Waals surface area contributed by atoms with Crippen LogP contribution in [-0.4, -0.2) is 118 Å². The third-order valence-electron chi connectivity index (χ3n) is 26.2. The number of rotatable bonds is 15. The summed E-state index contributed by atoms with van der Waals surface area (Å²) in [6, 6.07) is 93.5. The Morgan fingerprint density at radius 1 is 0.442 bits per heavy atom. The minimum absolute atomic E-state index is 0.00360. The Hall–Kier alpha value is -13.0. The minimum Gasteiger partial charge on any atom is -0.497 e. The largest absolute Gasteiger partial charge is 0.497 e. The second-order valence-electron chi connectivity index (χ2n) is 36.1. The maximum absolute atomic E-state index is 14.3. The molecule has 5 aliphatic rings. The number of H-pyrrole nitrogens is 5. The Kier molecular flexibility index (Phi) is 28.5. The van der Waals surface area contributed by atoms with Crippen molar-refractivity contribution < 1.29 is 37.7 Å². The maximum atomic E-state index is 14.3. The summed E-state index contributed by atoms with van der Waals surface area (Å²) in [5.41, 5.74) is 24.8. The summed E-state index contributed by atoms with van der Waals surface area (Å²) in [7, 11) is 3.25. The zero-order valence-electron chi connectivity index (χ0n) is 76.8. The van der Waals surface area contributed by atoms with Gasteiger partial charge in [0.25, 0.3) is 0 Å². The first-order valence-corrected chi connectivity index (χ1v) is 49.2. The number of carbonyl (C=O) groups excluding carboxylic acids is 3. The second-order valence-corrected chi connectivity index (χ2v) is 39.3. The van der Waals surface area contributed by atoms with E-state index in [1.165, 1.54) is 77.6 Å². The number of nitrogens with one attached hydrogen (secondary N) is 9. The van der Waals surface area contributed by atoms with Gasteiger partial charge in [-0.25, -0.2) is 4.79 Å². The van der Waals surface area contributed by atoms with Crippen molar-refractivity contribution in [1.82, 2.24) is 56.0 Å². The normalized spacial score (nSPS) is 16.6. The van der Waals surface area contributed by atoms with Crippen LogP contribution in [0.4, 0.5) is 4.79 Å². The molecule has 25 heteroatoms. The molecular weight excluding hydrogens is 1920 g/mol. The number of methoxy groups -OCH3 is 2. The highest BCUT2D eigenvalue weighted by Crippen LogP contribution is 2.45. The van der Waals surface area contributed by atoms with E-state index < -0.39 is 17.7 Å². The molecule has 0 fully saturated rings. The molecule has 11 heterocycles. The third kappa shape index (κ3) is 20.5. The highest BCUT2D eigenvalue weighted by molar-refractivity contribution is 9.10. The van der Waals surface area contributed by atoms with E-state index in [1.807, 2.05) is 186 Å². The van der Waals surface area contributed by atoms with Crippen molar-refractivity contribution in [2.45, 2.75) is 108 Å². The van der Waals surface area contributed by atoms with Crippen molar-refractivity contribution in [3.8, 4) is 11.5 Å². The van der Waals surface area contributed by atoms with Gasteiger partial charge in [0, 0.05) is 153 Å². The van der Waals surface area contributed by atoms with Crippen LogP contribution in [0.5, 0.6) is 11.5 Å². The van der Waals surface area contributed by atoms with E-state index >= 15 is 0 Å². The van der Waals surface area contributed by atoms with Crippen LogP contribution in [0.3, 0.4) is 0 Å². The highest BCUT2D eigenvalue weighted by Gasteiger charge is 2.40. The molecule has 23 rings (SSSR count). The molecule has 6 aromatic heterocycles. The summed E-state index contributed by atoms with van der Waals surface area (Å²) in [6.45, 7) is 10.0. The molecule has 20 nitrogen and oxygen atoms in total. The number of nitrogens with zero attached hydrogens (tertiary/aromatic N) is 2. The number of benzene rings is 12. The lowest BCUT2D eigenvalue weighted by Gasteiger charge is -2.38. The van der Waals surface area contributed by atoms with Crippen LogP contribution in [0, 0.1) is 0 Å². The fourth-order valence-electron chi connectivity index (χ4n) is 19.9. The van der Waals surface area contributed by atoms with Crippen molar-refractivity contribution in [3.63, 3.8) is 0 Å². The monoisotopic (exact) mass is 2020 g/mol. The highest BCUT2D eigenvalue weighted by atomic mass is 79.9. The van der Waals surface area contributed by atoms with Crippen LogP contribution in [0.25, 0.3) is 65.5 Å². The molecule has 5 aliphatic heterocycles.